The van der Waals surface area contributed by atoms with Crippen molar-refractivity contribution in [2.24, 2.45) is 0 Å². The molecule has 1 saturated heterocycles. The van der Waals surface area contributed by atoms with E-state index in [1.165, 1.54) is 19.4 Å². The highest BCUT2D eigenvalue weighted by molar-refractivity contribution is 4.78. The minimum atomic E-state index is 0.360. The lowest BCUT2D eigenvalue weighted by Gasteiger charge is -2.23. The highest BCUT2D eigenvalue weighted by atomic mass is 16.5. The molecule has 3 heteroatoms. The third kappa shape index (κ3) is 4.96. The zero-order valence-electron chi connectivity index (χ0n) is 10.4. The van der Waals surface area contributed by atoms with Crippen molar-refractivity contribution in [3.05, 3.63) is 0 Å². The molecule has 1 aliphatic heterocycles. The maximum Gasteiger partial charge on any atom is 0.0618 e. The number of nitrogens with zero attached hydrogens (tertiary/aromatic N) is 1. The molecule has 0 amide bonds. The Morgan fingerprint density at radius 2 is 2.20 bits per heavy atom. The van der Waals surface area contributed by atoms with Crippen LogP contribution in [0.2, 0.25) is 0 Å². The van der Waals surface area contributed by atoms with Crippen LogP contribution >= 0.6 is 0 Å². The molecule has 1 aliphatic rings. The van der Waals surface area contributed by atoms with Crippen LogP contribution in [0.3, 0.4) is 0 Å². The number of likely N-dealkylation sites (tertiary alicyclic amines) is 1. The monoisotopic (exact) mass is 215 g/mol. The van der Waals surface area contributed by atoms with Gasteiger partial charge in [0.2, 0.25) is 0 Å². The van der Waals surface area contributed by atoms with E-state index in [-0.39, 0.29) is 0 Å². The van der Waals surface area contributed by atoms with E-state index in [2.05, 4.69) is 18.7 Å². The highest BCUT2D eigenvalue weighted by Crippen LogP contribution is 2.17. The van der Waals surface area contributed by atoms with E-state index in [4.69, 9.17) is 9.47 Å². The number of ether oxygens (including phenoxy) is 2. The first-order chi connectivity index (χ1) is 7.24. The van der Waals surface area contributed by atoms with E-state index in [0.29, 0.717) is 12.1 Å². The fourth-order valence-electron chi connectivity index (χ4n) is 2.16. The summed E-state index contributed by atoms with van der Waals surface area (Å²) >= 11 is 0. The first-order valence-electron chi connectivity index (χ1n) is 6.08. The molecule has 1 rings (SSSR count). The van der Waals surface area contributed by atoms with Gasteiger partial charge in [-0.2, -0.15) is 0 Å². The molecule has 0 spiro atoms. The van der Waals surface area contributed by atoms with Gasteiger partial charge in [-0.1, -0.05) is 0 Å². The predicted octanol–water partition coefficient (Wildman–Crippen LogP) is 1.91. The van der Waals surface area contributed by atoms with Crippen LogP contribution in [0.4, 0.5) is 0 Å². The van der Waals surface area contributed by atoms with E-state index in [1.54, 1.807) is 7.11 Å². The molecule has 0 saturated carbocycles. The average molecular weight is 215 g/mol. The van der Waals surface area contributed by atoms with E-state index in [1.807, 2.05) is 0 Å². The molecule has 0 N–H and O–H groups in total. The van der Waals surface area contributed by atoms with Crippen LogP contribution < -0.4 is 0 Å². The van der Waals surface area contributed by atoms with E-state index < -0.39 is 0 Å². The fourth-order valence-corrected chi connectivity index (χ4v) is 2.16. The van der Waals surface area contributed by atoms with Crippen molar-refractivity contribution in [2.45, 2.75) is 45.3 Å². The Morgan fingerprint density at radius 1 is 1.40 bits per heavy atom. The summed E-state index contributed by atoms with van der Waals surface area (Å²) in [6, 6.07) is 0.647. The van der Waals surface area contributed by atoms with Crippen LogP contribution in [0.15, 0.2) is 0 Å². The number of hydrogen-bond acceptors (Lipinski definition) is 3. The summed E-state index contributed by atoms with van der Waals surface area (Å²) in [6.07, 6.45) is 4.11. The van der Waals surface area contributed by atoms with Gasteiger partial charge < -0.3 is 9.47 Å². The number of hydrogen-bond donors (Lipinski definition) is 0. The smallest absolute Gasteiger partial charge is 0.0618 e. The van der Waals surface area contributed by atoms with Crippen molar-refractivity contribution in [1.82, 2.24) is 4.90 Å². The van der Waals surface area contributed by atoms with Crippen molar-refractivity contribution < 1.29 is 9.47 Å². The van der Waals surface area contributed by atoms with Gasteiger partial charge in [0.15, 0.2) is 0 Å². The van der Waals surface area contributed by atoms with Gasteiger partial charge in [-0.05, 0) is 39.7 Å². The number of rotatable bonds is 7. The topological polar surface area (TPSA) is 21.7 Å². The zero-order valence-corrected chi connectivity index (χ0v) is 10.4. The van der Waals surface area contributed by atoms with Crippen molar-refractivity contribution in [3.63, 3.8) is 0 Å². The quantitative estimate of drug-likeness (QED) is 0.606. The second-order valence-electron chi connectivity index (χ2n) is 4.56. The molecule has 1 heterocycles. The molecule has 1 unspecified atom stereocenters. The van der Waals surface area contributed by atoms with E-state index in [0.717, 1.165) is 26.2 Å². The molecule has 0 radical (unpaired) electrons. The molecule has 90 valence electrons. The Hall–Kier alpha value is -0.120. The molecular formula is C12H25NO2. The lowest BCUT2D eigenvalue weighted by atomic mass is 10.2. The van der Waals surface area contributed by atoms with Crippen molar-refractivity contribution in [1.29, 1.82) is 0 Å². The normalized spacial score (nSPS) is 22.8. The Morgan fingerprint density at radius 3 is 2.87 bits per heavy atom. The molecule has 0 aromatic carbocycles. The first kappa shape index (κ1) is 12.9. The molecule has 1 fully saturated rings. The second kappa shape index (κ2) is 7.20. The van der Waals surface area contributed by atoms with Crippen LogP contribution in [-0.4, -0.2) is 50.5 Å². The average Bonchev–Trinajstić information content (AvgIpc) is 2.61. The highest BCUT2D eigenvalue weighted by Gasteiger charge is 2.23. The lowest BCUT2D eigenvalue weighted by Crippen LogP contribution is -2.34. The maximum absolute atomic E-state index is 5.54. The molecule has 0 bridgehead atoms. The summed E-state index contributed by atoms with van der Waals surface area (Å²) < 4.78 is 10.8. The van der Waals surface area contributed by atoms with Crippen molar-refractivity contribution in [2.75, 3.05) is 33.4 Å². The summed E-state index contributed by atoms with van der Waals surface area (Å²) in [5.74, 6) is 0. The minimum Gasteiger partial charge on any atom is -0.383 e. The van der Waals surface area contributed by atoms with E-state index >= 15 is 0 Å². The number of methoxy groups -OCH3 is 1. The molecule has 3 nitrogen and oxygen atoms in total. The fraction of sp³-hybridized carbons (Fsp3) is 1.00. The Kier molecular flexibility index (Phi) is 6.22. The maximum atomic E-state index is 5.54. The van der Waals surface area contributed by atoms with Gasteiger partial charge in [-0.25, -0.2) is 0 Å². The van der Waals surface area contributed by atoms with Gasteiger partial charge in [0.05, 0.1) is 12.7 Å². The van der Waals surface area contributed by atoms with Crippen LogP contribution in [0.1, 0.15) is 33.1 Å². The Balaban J connectivity index is 2.09. The van der Waals surface area contributed by atoms with Gasteiger partial charge in [0.1, 0.15) is 0 Å². The van der Waals surface area contributed by atoms with Crippen LogP contribution in [0, 0.1) is 0 Å². The molecule has 15 heavy (non-hydrogen) atoms. The van der Waals surface area contributed by atoms with Crippen LogP contribution in [0.25, 0.3) is 0 Å². The van der Waals surface area contributed by atoms with Crippen molar-refractivity contribution >= 4 is 0 Å². The third-order valence-corrected chi connectivity index (χ3v) is 2.90. The summed E-state index contributed by atoms with van der Waals surface area (Å²) in [5.41, 5.74) is 0. The first-order valence-corrected chi connectivity index (χ1v) is 6.08. The van der Waals surface area contributed by atoms with Crippen LogP contribution in [0.5, 0.6) is 0 Å². The molecular weight excluding hydrogens is 190 g/mol. The summed E-state index contributed by atoms with van der Waals surface area (Å²) in [4.78, 5) is 2.53. The lowest BCUT2D eigenvalue weighted by molar-refractivity contribution is 0.0633. The van der Waals surface area contributed by atoms with E-state index in [9.17, 15) is 0 Å². The molecule has 0 aliphatic carbocycles. The summed E-state index contributed by atoms with van der Waals surface area (Å²) in [5, 5.41) is 0. The van der Waals surface area contributed by atoms with Gasteiger partial charge in [0, 0.05) is 26.3 Å². The Bertz CT molecular complexity index is 162. The SMILES string of the molecule is COCC1CCCN1CCCOC(C)C. The predicted molar refractivity (Wildman–Crippen MR) is 62.2 cm³/mol. The van der Waals surface area contributed by atoms with Crippen molar-refractivity contribution in [3.8, 4) is 0 Å². The minimum absolute atomic E-state index is 0.360. The summed E-state index contributed by atoms with van der Waals surface area (Å²) in [7, 11) is 1.79. The zero-order chi connectivity index (χ0) is 11.1. The molecule has 0 aromatic heterocycles. The van der Waals surface area contributed by atoms with Gasteiger partial charge in [-0.3, -0.25) is 4.90 Å². The van der Waals surface area contributed by atoms with Gasteiger partial charge >= 0.3 is 0 Å². The van der Waals surface area contributed by atoms with Gasteiger partial charge in [0.25, 0.3) is 0 Å². The Labute approximate surface area is 93.7 Å². The summed E-state index contributed by atoms with van der Waals surface area (Å²) in [6.45, 7) is 8.32. The molecule has 1 atom stereocenters. The largest absolute Gasteiger partial charge is 0.383 e. The van der Waals surface area contributed by atoms with Crippen LogP contribution in [-0.2, 0) is 9.47 Å². The molecule has 0 aromatic rings. The third-order valence-electron chi connectivity index (χ3n) is 2.90. The standard InChI is InChI=1S/C12H25NO2/c1-11(2)15-9-5-8-13-7-4-6-12(13)10-14-3/h11-12H,4-10H2,1-3H3. The second-order valence-corrected chi connectivity index (χ2v) is 4.56. The van der Waals surface area contributed by atoms with Gasteiger partial charge in [-0.15, -0.1) is 0 Å².